The highest BCUT2D eigenvalue weighted by molar-refractivity contribution is 8.00. The molecule has 2 aliphatic rings. The average Bonchev–Trinajstić information content (AvgIpc) is 2.97. The molecular formula is C11H17NO7S. The second kappa shape index (κ2) is 5.86. The molecule has 8 nitrogen and oxygen atoms in total. The van der Waals surface area contributed by atoms with E-state index in [4.69, 9.17) is 0 Å². The Balaban J connectivity index is 2.29. The minimum atomic E-state index is -1.65. The molecule has 2 saturated heterocycles. The molecule has 3 N–H and O–H groups in total. The molecule has 9 heteroatoms. The van der Waals surface area contributed by atoms with E-state index in [0.717, 1.165) is 7.11 Å². The molecule has 0 aromatic heterocycles. The Bertz CT molecular complexity index is 406. The van der Waals surface area contributed by atoms with Gasteiger partial charge in [-0.2, -0.15) is 0 Å². The van der Waals surface area contributed by atoms with Crippen molar-refractivity contribution < 1.29 is 34.4 Å². The van der Waals surface area contributed by atoms with Gasteiger partial charge in [0.2, 0.25) is 0 Å². The van der Waals surface area contributed by atoms with Crippen molar-refractivity contribution in [3.8, 4) is 0 Å². The van der Waals surface area contributed by atoms with Crippen LogP contribution in [0, 0.1) is 0 Å². The molecule has 0 saturated carbocycles. The minimum Gasteiger partial charge on any atom is -0.468 e. The number of carbonyl (C=O) groups excluding carboxylic acids is 2. The first kappa shape index (κ1) is 15.5. The number of aliphatic hydroxyl groups is 3. The zero-order valence-corrected chi connectivity index (χ0v) is 11.8. The summed E-state index contributed by atoms with van der Waals surface area (Å²) in [5.41, 5.74) is 0. The van der Waals surface area contributed by atoms with Crippen LogP contribution in [0.4, 0.5) is 0 Å². The lowest BCUT2D eigenvalue weighted by Gasteiger charge is -2.30. The van der Waals surface area contributed by atoms with E-state index in [0.29, 0.717) is 5.75 Å². The van der Waals surface area contributed by atoms with Crippen molar-refractivity contribution in [3.63, 3.8) is 0 Å². The third kappa shape index (κ3) is 2.29. The molecule has 2 aliphatic heterocycles. The number of aliphatic hydroxyl groups excluding tert-OH is 3. The number of methoxy groups -OCH3 is 2. The third-order valence-corrected chi connectivity index (χ3v) is 5.03. The lowest BCUT2D eigenvalue weighted by atomic mass is 10.0. The second-order valence-electron chi connectivity index (χ2n) is 4.65. The van der Waals surface area contributed by atoms with Crippen LogP contribution in [0.3, 0.4) is 0 Å². The molecular weight excluding hydrogens is 290 g/mol. The highest BCUT2D eigenvalue weighted by Crippen LogP contribution is 2.42. The molecule has 0 aliphatic carbocycles. The number of hydrogen-bond acceptors (Lipinski definition) is 9. The normalized spacial score (nSPS) is 38.4. The highest BCUT2D eigenvalue weighted by Gasteiger charge is 2.59. The quantitative estimate of drug-likeness (QED) is 0.488. The maximum Gasteiger partial charge on any atom is 0.336 e. The van der Waals surface area contributed by atoms with Gasteiger partial charge in [0.15, 0.2) is 6.10 Å². The number of carbonyl (C=O) groups is 2. The SMILES string of the molecule is COC(=O)[C@H](O)[C@H]1[C@H](O)[C@@H](O)[C@@H]2SC[C@@H](C(=O)OC)N12. The molecule has 0 aromatic rings. The van der Waals surface area contributed by atoms with E-state index >= 15 is 0 Å². The highest BCUT2D eigenvalue weighted by atomic mass is 32.2. The van der Waals surface area contributed by atoms with Gasteiger partial charge in [-0.05, 0) is 0 Å². The van der Waals surface area contributed by atoms with E-state index in [9.17, 15) is 24.9 Å². The first-order valence-corrected chi connectivity index (χ1v) is 7.07. The van der Waals surface area contributed by atoms with Gasteiger partial charge in [0.05, 0.1) is 25.6 Å². The summed E-state index contributed by atoms with van der Waals surface area (Å²) in [6, 6.07) is -1.84. The lowest BCUT2D eigenvalue weighted by Crippen LogP contribution is -2.54. The fourth-order valence-corrected chi connectivity index (χ4v) is 4.18. The predicted octanol–water partition coefficient (Wildman–Crippen LogP) is -2.46. The zero-order chi connectivity index (χ0) is 15.0. The van der Waals surface area contributed by atoms with Crippen LogP contribution < -0.4 is 0 Å². The lowest BCUT2D eigenvalue weighted by molar-refractivity contribution is -0.159. The maximum absolute atomic E-state index is 11.7. The Morgan fingerprint density at radius 3 is 2.45 bits per heavy atom. The fourth-order valence-electron chi connectivity index (χ4n) is 2.67. The van der Waals surface area contributed by atoms with E-state index in [-0.39, 0.29) is 0 Å². The molecule has 6 atom stereocenters. The number of fused-ring (bicyclic) bond motifs is 1. The Hall–Kier alpha value is -0.870. The first-order valence-electron chi connectivity index (χ1n) is 6.03. The molecule has 2 rings (SSSR count). The molecule has 20 heavy (non-hydrogen) atoms. The van der Waals surface area contributed by atoms with Crippen LogP contribution in [0.25, 0.3) is 0 Å². The van der Waals surface area contributed by atoms with Crippen LogP contribution in [0.2, 0.25) is 0 Å². The molecule has 2 fully saturated rings. The topological polar surface area (TPSA) is 117 Å². The van der Waals surface area contributed by atoms with Crippen molar-refractivity contribution >= 4 is 23.7 Å². The molecule has 0 bridgehead atoms. The van der Waals surface area contributed by atoms with E-state index in [1.165, 1.54) is 23.8 Å². The average molecular weight is 307 g/mol. The van der Waals surface area contributed by atoms with Crippen molar-refractivity contribution in [1.29, 1.82) is 0 Å². The number of rotatable bonds is 3. The first-order chi connectivity index (χ1) is 9.43. The Labute approximate surface area is 119 Å². The standard InChI is InChI=1S/C11H17NO7S/c1-18-10(16)4-3-20-9-8(15)6(13)5(12(4)9)7(14)11(17)19-2/h4-9,13-15H,3H2,1-2H3/t4-,5+,6-,7+,8+,9-/m0/s1. The summed E-state index contributed by atoms with van der Waals surface area (Å²) in [5, 5.41) is 29.4. The van der Waals surface area contributed by atoms with Crippen LogP contribution >= 0.6 is 11.8 Å². The molecule has 0 aromatic carbocycles. The van der Waals surface area contributed by atoms with E-state index in [2.05, 4.69) is 9.47 Å². The fraction of sp³-hybridized carbons (Fsp3) is 0.818. The zero-order valence-electron chi connectivity index (χ0n) is 11.0. The molecule has 0 amide bonds. The van der Waals surface area contributed by atoms with Crippen molar-refractivity contribution in [2.75, 3.05) is 20.0 Å². The Morgan fingerprint density at radius 1 is 1.25 bits per heavy atom. The maximum atomic E-state index is 11.7. The van der Waals surface area contributed by atoms with Gasteiger partial charge in [-0.1, -0.05) is 0 Å². The van der Waals surface area contributed by atoms with E-state index in [1.54, 1.807) is 0 Å². The van der Waals surface area contributed by atoms with Crippen LogP contribution in [0.1, 0.15) is 0 Å². The van der Waals surface area contributed by atoms with E-state index in [1.807, 2.05) is 0 Å². The van der Waals surface area contributed by atoms with Crippen molar-refractivity contribution in [3.05, 3.63) is 0 Å². The molecule has 0 unspecified atom stereocenters. The van der Waals surface area contributed by atoms with Gasteiger partial charge in [0, 0.05) is 5.75 Å². The van der Waals surface area contributed by atoms with Gasteiger partial charge in [0.1, 0.15) is 18.2 Å². The summed E-state index contributed by atoms with van der Waals surface area (Å²) in [5.74, 6) is -1.11. The molecule has 0 radical (unpaired) electrons. The van der Waals surface area contributed by atoms with Gasteiger partial charge < -0.3 is 24.8 Å². The third-order valence-electron chi connectivity index (χ3n) is 3.65. The van der Waals surface area contributed by atoms with Crippen LogP contribution in [0.15, 0.2) is 0 Å². The van der Waals surface area contributed by atoms with Gasteiger partial charge in [-0.25, -0.2) is 4.79 Å². The van der Waals surface area contributed by atoms with Crippen molar-refractivity contribution in [2.45, 2.75) is 35.8 Å². The Kier molecular flexibility index (Phi) is 4.55. The molecule has 2 heterocycles. The second-order valence-corrected chi connectivity index (χ2v) is 5.80. The van der Waals surface area contributed by atoms with Gasteiger partial charge in [0.25, 0.3) is 0 Å². The summed E-state index contributed by atoms with van der Waals surface area (Å²) in [6.45, 7) is 0. The minimum absolute atomic E-state index is 0.353. The van der Waals surface area contributed by atoms with E-state index < -0.39 is 47.7 Å². The van der Waals surface area contributed by atoms with Crippen LogP contribution in [-0.4, -0.2) is 87.9 Å². The monoisotopic (exact) mass is 307 g/mol. The number of hydrogen-bond donors (Lipinski definition) is 3. The number of ether oxygens (including phenoxy) is 2. The van der Waals surface area contributed by atoms with Gasteiger partial charge >= 0.3 is 11.9 Å². The number of esters is 2. The molecule has 0 spiro atoms. The number of thioether (sulfide) groups is 1. The summed E-state index contributed by atoms with van der Waals surface area (Å²) < 4.78 is 9.12. The number of nitrogens with zero attached hydrogens (tertiary/aromatic N) is 1. The molecule has 114 valence electrons. The summed E-state index contributed by atoms with van der Waals surface area (Å²) in [4.78, 5) is 24.6. The van der Waals surface area contributed by atoms with Crippen LogP contribution in [-0.2, 0) is 19.1 Å². The van der Waals surface area contributed by atoms with Crippen LogP contribution in [0.5, 0.6) is 0 Å². The summed E-state index contributed by atoms with van der Waals surface area (Å²) >= 11 is 1.27. The van der Waals surface area contributed by atoms with Gasteiger partial charge in [-0.3, -0.25) is 9.69 Å². The van der Waals surface area contributed by atoms with Crippen molar-refractivity contribution in [2.24, 2.45) is 0 Å². The smallest absolute Gasteiger partial charge is 0.336 e. The van der Waals surface area contributed by atoms with Gasteiger partial charge in [-0.15, -0.1) is 11.8 Å². The summed E-state index contributed by atoms with van der Waals surface area (Å²) in [7, 11) is 2.34. The predicted molar refractivity (Wildman–Crippen MR) is 67.7 cm³/mol. The summed E-state index contributed by atoms with van der Waals surface area (Å²) in [6.07, 6.45) is -4.17. The Morgan fingerprint density at radius 2 is 1.90 bits per heavy atom. The van der Waals surface area contributed by atoms with Crippen molar-refractivity contribution in [1.82, 2.24) is 4.90 Å². The largest absolute Gasteiger partial charge is 0.468 e.